The third kappa shape index (κ3) is 5.15. The Morgan fingerprint density at radius 3 is 2.64 bits per heavy atom. The minimum atomic E-state index is -0.772. The van der Waals surface area contributed by atoms with Crippen molar-refractivity contribution >= 4 is 23.6 Å². The van der Waals surface area contributed by atoms with E-state index in [2.05, 4.69) is 5.32 Å². The molecule has 2 atom stereocenters. The van der Waals surface area contributed by atoms with Crippen LogP contribution in [0.15, 0.2) is 71.2 Å². The molecule has 200 valence electrons. The van der Waals surface area contributed by atoms with Crippen LogP contribution < -0.4 is 15.6 Å². The van der Waals surface area contributed by atoms with Crippen molar-refractivity contribution in [2.24, 2.45) is 5.92 Å². The predicted octanol–water partition coefficient (Wildman–Crippen LogP) is 3.32. The normalized spacial score (nSPS) is 18.2. The zero-order chi connectivity index (χ0) is 27.7. The van der Waals surface area contributed by atoms with Crippen molar-refractivity contribution in [2.45, 2.75) is 18.9 Å². The maximum Gasteiger partial charge on any atom is 0.311 e. The van der Waals surface area contributed by atoms with Crippen LogP contribution in [0.4, 0.5) is 10.1 Å². The average molecular weight is 533 g/mol. The van der Waals surface area contributed by atoms with Crippen molar-refractivity contribution in [1.82, 2.24) is 14.8 Å². The summed E-state index contributed by atoms with van der Waals surface area (Å²) < 4.78 is 21.3. The van der Waals surface area contributed by atoms with E-state index in [1.807, 2.05) is 6.07 Å². The number of piperidine rings is 1. The summed E-state index contributed by atoms with van der Waals surface area (Å²) in [5, 5.41) is 14.0. The molecule has 2 aliphatic rings. The zero-order valence-corrected chi connectivity index (χ0v) is 21.0. The summed E-state index contributed by atoms with van der Waals surface area (Å²) >= 11 is 0. The van der Waals surface area contributed by atoms with Crippen molar-refractivity contribution < 1.29 is 23.6 Å². The quantitative estimate of drug-likeness (QED) is 0.295. The molecule has 0 aliphatic carbocycles. The SMILES string of the molecule is COc1ccc(C(=O)N/C(=C/c2ccccc2F)C(=O)N2CC3CC(C2)c2cccc(=O)n2C3)cc1[N+](=O)[O-]. The van der Waals surface area contributed by atoms with Gasteiger partial charge in [-0.25, -0.2) is 4.39 Å². The van der Waals surface area contributed by atoms with E-state index in [-0.39, 0.29) is 40.0 Å². The van der Waals surface area contributed by atoms with Crippen LogP contribution in [0, 0.1) is 21.8 Å². The molecule has 1 aromatic heterocycles. The molecule has 1 saturated heterocycles. The predicted molar refractivity (Wildman–Crippen MR) is 140 cm³/mol. The number of nitro groups is 1. The number of halogens is 1. The molecule has 0 radical (unpaired) electrons. The first-order valence-electron chi connectivity index (χ1n) is 12.3. The van der Waals surface area contributed by atoms with E-state index in [0.29, 0.717) is 19.6 Å². The molecule has 2 bridgehead atoms. The molecule has 2 unspecified atom stereocenters. The minimum Gasteiger partial charge on any atom is -0.490 e. The van der Waals surface area contributed by atoms with Gasteiger partial charge in [-0.05, 0) is 42.7 Å². The van der Waals surface area contributed by atoms with Gasteiger partial charge in [0.25, 0.3) is 17.4 Å². The lowest BCUT2D eigenvalue weighted by atomic mass is 9.83. The van der Waals surface area contributed by atoms with E-state index in [4.69, 9.17) is 4.74 Å². The van der Waals surface area contributed by atoms with Crippen LogP contribution in [-0.2, 0) is 11.3 Å². The molecule has 5 rings (SSSR count). The van der Waals surface area contributed by atoms with Gasteiger partial charge in [0.2, 0.25) is 0 Å². The maximum absolute atomic E-state index is 14.5. The van der Waals surface area contributed by atoms with Gasteiger partial charge in [-0.15, -0.1) is 0 Å². The molecule has 2 aromatic carbocycles. The van der Waals surface area contributed by atoms with Crippen LogP contribution >= 0.6 is 0 Å². The number of rotatable bonds is 6. The first kappa shape index (κ1) is 25.8. The van der Waals surface area contributed by atoms with E-state index in [0.717, 1.165) is 18.2 Å². The molecule has 1 N–H and O–H groups in total. The number of aromatic nitrogens is 1. The molecular weight excluding hydrogens is 507 g/mol. The van der Waals surface area contributed by atoms with Gasteiger partial charge >= 0.3 is 5.69 Å². The lowest BCUT2D eigenvalue weighted by molar-refractivity contribution is -0.385. The molecule has 3 aromatic rings. The van der Waals surface area contributed by atoms with E-state index >= 15 is 0 Å². The Hall–Kier alpha value is -4.80. The molecule has 2 aliphatic heterocycles. The van der Waals surface area contributed by atoms with E-state index in [9.17, 15) is 28.9 Å². The van der Waals surface area contributed by atoms with Gasteiger partial charge in [0, 0.05) is 54.5 Å². The molecule has 2 amide bonds. The summed E-state index contributed by atoms with van der Waals surface area (Å²) in [5.74, 6) is -1.92. The van der Waals surface area contributed by atoms with Gasteiger partial charge in [0.05, 0.1) is 12.0 Å². The smallest absolute Gasteiger partial charge is 0.311 e. The van der Waals surface area contributed by atoms with Gasteiger partial charge in [0.1, 0.15) is 11.5 Å². The van der Waals surface area contributed by atoms with Gasteiger partial charge in [-0.2, -0.15) is 0 Å². The van der Waals surface area contributed by atoms with Crippen molar-refractivity contribution in [1.29, 1.82) is 0 Å². The van der Waals surface area contributed by atoms with Crippen molar-refractivity contribution in [3.05, 3.63) is 109 Å². The number of ether oxygens (including phenoxy) is 1. The topological polar surface area (TPSA) is 124 Å². The number of likely N-dealkylation sites (tertiary alicyclic amines) is 1. The average Bonchev–Trinajstić information content (AvgIpc) is 2.93. The lowest BCUT2D eigenvalue weighted by Gasteiger charge is -2.43. The van der Waals surface area contributed by atoms with Gasteiger partial charge < -0.3 is 19.5 Å². The summed E-state index contributed by atoms with van der Waals surface area (Å²) in [4.78, 5) is 51.7. The van der Waals surface area contributed by atoms with Crippen molar-refractivity contribution in [3.63, 3.8) is 0 Å². The van der Waals surface area contributed by atoms with Crippen LogP contribution in [0.1, 0.15) is 34.0 Å². The number of fused-ring (bicyclic) bond motifs is 4. The highest BCUT2D eigenvalue weighted by atomic mass is 19.1. The van der Waals surface area contributed by atoms with Crippen LogP contribution in [0.5, 0.6) is 5.75 Å². The molecule has 39 heavy (non-hydrogen) atoms. The molecule has 1 fully saturated rings. The first-order chi connectivity index (χ1) is 18.7. The lowest BCUT2D eigenvalue weighted by Crippen LogP contribution is -2.50. The van der Waals surface area contributed by atoms with Gasteiger partial charge in [0.15, 0.2) is 5.75 Å². The molecule has 3 heterocycles. The fraction of sp³-hybridized carbons (Fsp3) is 0.250. The molecule has 0 saturated carbocycles. The van der Waals surface area contributed by atoms with Crippen LogP contribution in [-0.4, -0.2) is 46.4 Å². The van der Waals surface area contributed by atoms with Gasteiger partial charge in [-0.3, -0.25) is 24.5 Å². The van der Waals surface area contributed by atoms with Crippen molar-refractivity contribution in [2.75, 3.05) is 20.2 Å². The Balaban J connectivity index is 1.46. The second-order valence-corrected chi connectivity index (χ2v) is 9.59. The largest absolute Gasteiger partial charge is 0.490 e. The summed E-state index contributed by atoms with van der Waals surface area (Å²) in [6.45, 7) is 1.15. The van der Waals surface area contributed by atoms with Crippen LogP contribution in [0.25, 0.3) is 6.08 Å². The molecule has 10 nitrogen and oxygen atoms in total. The third-order valence-electron chi connectivity index (χ3n) is 7.09. The third-order valence-corrected chi connectivity index (χ3v) is 7.09. The minimum absolute atomic E-state index is 0.0195. The van der Waals surface area contributed by atoms with Crippen LogP contribution in [0.2, 0.25) is 0 Å². The Morgan fingerprint density at radius 1 is 1.10 bits per heavy atom. The summed E-state index contributed by atoms with van der Waals surface area (Å²) in [7, 11) is 1.28. The fourth-order valence-electron chi connectivity index (χ4n) is 5.30. The second kappa shape index (κ2) is 10.5. The number of hydrogen-bond acceptors (Lipinski definition) is 6. The summed E-state index contributed by atoms with van der Waals surface area (Å²) in [6.07, 6.45) is 2.08. The number of nitro benzene ring substituents is 1. The highest BCUT2D eigenvalue weighted by molar-refractivity contribution is 6.05. The number of amides is 2. The molecule has 11 heteroatoms. The summed E-state index contributed by atoms with van der Waals surface area (Å²) in [6, 6.07) is 14.6. The number of carbonyl (C=O) groups excluding carboxylic acids is 2. The number of benzene rings is 2. The number of methoxy groups -OCH3 is 1. The van der Waals surface area contributed by atoms with Gasteiger partial charge in [-0.1, -0.05) is 24.3 Å². The standard InChI is InChI=1S/C28H25FN4O6/c1-39-25-10-9-19(13-24(25)33(37)38)27(35)30-22(12-18-5-2-3-6-21(18)29)28(36)31-14-17-11-20(16-31)23-7-4-8-26(34)32(23)15-17/h2-10,12-13,17,20H,11,14-16H2,1H3,(H,30,35)/b22-12+. The number of carbonyl (C=O) groups is 2. The summed E-state index contributed by atoms with van der Waals surface area (Å²) in [5.41, 5.74) is 0.214. The zero-order valence-electron chi connectivity index (χ0n) is 21.0. The highest BCUT2D eigenvalue weighted by Crippen LogP contribution is 2.35. The Morgan fingerprint density at radius 2 is 1.90 bits per heavy atom. The second-order valence-electron chi connectivity index (χ2n) is 9.59. The maximum atomic E-state index is 14.5. The van der Waals surface area contributed by atoms with E-state index in [1.54, 1.807) is 21.6 Å². The van der Waals surface area contributed by atoms with E-state index < -0.39 is 28.2 Å². The fourth-order valence-corrected chi connectivity index (χ4v) is 5.30. The van der Waals surface area contributed by atoms with Crippen LogP contribution in [0.3, 0.4) is 0 Å². The highest BCUT2D eigenvalue weighted by Gasteiger charge is 2.37. The number of nitrogens with one attached hydrogen (secondary N) is 1. The molecule has 0 spiro atoms. The Bertz CT molecular complexity index is 1570. The monoisotopic (exact) mass is 532 g/mol. The Kier molecular flexibility index (Phi) is 6.97. The first-order valence-corrected chi connectivity index (χ1v) is 12.3. The molecular formula is C28H25FN4O6. The number of nitrogens with zero attached hydrogens (tertiary/aromatic N) is 3. The van der Waals surface area contributed by atoms with Crippen molar-refractivity contribution in [3.8, 4) is 5.75 Å². The van der Waals surface area contributed by atoms with E-state index in [1.165, 1.54) is 49.6 Å². The Labute approximate surface area is 222 Å². The number of hydrogen-bond donors (Lipinski definition) is 1. The number of pyridine rings is 1.